The molecule has 7 nitrogen and oxygen atoms in total. The molecule has 11 aromatic rings. The number of aromatic nitrogens is 5. The predicted molar refractivity (Wildman–Crippen MR) is 240 cm³/mol. The fourth-order valence-electron chi connectivity index (χ4n) is 8.47. The molecular formula is C53H31N7. The number of hydrogen-bond acceptors (Lipinski definition) is 5. The molecule has 3 heterocycles. The number of hydrogen-bond donors (Lipinski definition) is 0. The molecule has 0 saturated heterocycles. The predicted octanol–water partition coefficient (Wildman–Crippen LogP) is 12.5. The van der Waals surface area contributed by atoms with Crippen LogP contribution in [0.3, 0.4) is 0 Å². The Labute approximate surface area is 345 Å². The minimum atomic E-state index is 0.490. The third kappa shape index (κ3) is 5.61. The lowest BCUT2D eigenvalue weighted by Gasteiger charge is -2.13. The van der Waals surface area contributed by atoms with E-state index in [-0.39, 0.29) is 0 Å². The van der Waals surface area contributed by atoms with E-state index in [1.54, 1.807) is 0 Å². The standard InChI is InChI=1S/C53H31N7/c54-32-34-19-21-35(22-20-34)36-23-26-41(27-24-36)59-46-17-9-7-15-42(46)43-28-30-48-49(50(43)59)44-16-8-10-18-47(44)60(48)45-29-25-39(31-40(45)33-55)53-57-51(37-11-3-1-4-12-37)56-52(58-53)38-13-5-2-6-14-38/h1-31H. The first kappa shape index (κ1) is 34.6. The third-order valence-electron chi connectivity index (χ3n) is 11.3. The van der Waals surface area contributed by atoms with Crippen LogP contribution in [0.4, 0.5) is 0 Å². The van der Waals surface area contributed by atoms with Crippen LogP contribution in [0.2, 0.25) is 0 Å². The van der Waals surface area contributed by atoms with E-state index in [4.69, 9.17) is 15.0 Å². The molecular weight excluding hydrogens is 735 g/mol. The van der Waals surface area contributed by atoms with E-state index in [9.17, 15) is 10.5 Å². The number of fused-ring (bicyclic) bond motifs is 7. The van der Waals surface area contributed by atoms with Gasteiger partial charge in [0.15, 0.2) is 17.5 Å². The second-order valence-corrected chi connectivity index (χ2v) is 14.7. The number of rotatable bonds is 6. The van der Waals surface area contributed by atoms with Gasteiger partial charge in [-0.2, -0.15) is 10.5 Å². The summed E-state index contributed by atoms with van der Waals surface area (Å²) < 4.78 is 4.57. The van der Waals surface area contributed by atoms with E-state index in [0.717, 1.165) is 82.8 Å². The van der Waals surface area contributed by atoms with Crippen molar-refractivity contribution in [3.63, 3.8) is 0 Å². The Bertz CT molecular complexity index is 3480. The SMILES string of the molecule is N#Cc1ccc(-c2ccc(-n3c4ccccc4c4ccc5c(c6ccccc6n5-c5ccc(-c6nc(-c7ccccc7)nc(-c7ccccc7)n6)cc5C#N)c43)cc2)cc1. The van der Waals surface area contributed by atoms with E-state index in [2.05, 4.69) is 100 Å². The van der Waals surface area contributed by atoms with Crippen molar-refractivity contribution in [2.75, 3.05) is 0 Å². The molecule has 0 atom stereocenters. The Hall–Kier alpha value is -8.65. The summed E-state index contributed by atoms with van der Waals surface area (Å²) in [5.74, 6) is 1.62. The molecule has 7 heteroatoms. The van der Waals surface area contributed by atoms with E-state index >= 15 is 0 Å². The van der Waals surface area contributed by atoms with Gasteiger partial charge in [-0.3, -0.25) is 0 Å². The highest BCUT2D eigenvalue weighted by Crippen LogP contribution is 2.43. The monoisotopic (exact) mass is 765 g/mol. The lowest BCUT2D eigenvalue weighted by Crippen LogP contribution is -2.02. The van der Waals surface area contributed by atoms with Crippen molar-refractivity contribution in [2.45, 2.75) is 0 Å². The van der Waals surface area contributed by atoms with Crippen LogP contribution < -0.4 is 0 Å². The van der Waals surface area contributed by atoms with Crippen LogP contribution in [-0.2, 0) is 0 Å². The quantitative estimate of drug-likeness (QED) is 0.168. The molecule has 11 rings (SSSR count). The molecule has 278 valence electrons. The molecule has 0 spiro atoms. The Balaban J connectivity index is 1.11. The van der Waals surface area contributed by atoms with Crippen LogP contribution in [0.1, 0.15) is 11.1 Å². The molecule has 3 aromatic heterocycles. The maximum absolute atomic E-state index is 10.9. The van der Waals surface area contributed by atoms with Gasteiger partial charge in [0.05, 0.1) is 45.0 Å². The third-order valence-corrected chi connectivity index (χ3v) is 11.3. The molecule has 0 saturated carbocycles. The van der Waals surface area contributed by atoms with Gasteiger partial charge in [-0.1, -0.05) is 127 Å². The highest BCUT2D eigenvalue weighted by Gasteiger charge is 2.22. The van der Waals surface area contributed by atoms with Crippen molar-refractivity contribution in [3.05, 3.63) is 199 Å². The second kappa shape index (κ2) is 14.1. The van der Waals surface area contributed by atoms with Crippen molar-refractivity contribution < 1.29 is 0 Å². The molecule has 0 amide bonds. The van der Waals surface area contributed by atoms with Crippen LogP contribution in [0, 0.1) is 22.7 Å². The van der Waals surface area contributed by atoms with Gasteiger partial charge in [-0.05, 0) is 71.8 Å². The summed E-state index contributed by atoms with van der Waals surface area (Å²) in [6.45, 7) is 0. The molecule has 0 fully saturated rings. The Kier molecular flexibility index (Phi) is 8.11. The van der Waals surface area contributed by atoms with Crippen LogP contribution in [-0.4, -0.2) is 24.1 Å². The molecule has 8 aromatic carbocycles. The van der Waals surface area contributed by atoms with Crippen LogP contribution in [0.15, 0.2) is 188 Å². The molecule has 0 radical (unpaired) electrons. The molecule has 0 aliphatic heterocycles. The Morgan fingerprint density at radius 1 is 0.383 bits per heavy atom. The van der Waals surface area contributed by atoms with Gasteiger partial charge in [0.1, 0.15) is 6.07 Å². The first-order valence-electron chi connectivity index (χ1n) is 19.6. The van der Waals surface area contributed by atoms with Gasteiger partial charge in [0, 0.05) is 43.9 Å². The summed E-state index contributed by atoms with van der Waals surface area (Å²) in [6.07, 6.45) is 0. The minimum Gasteiger partial charge on any atom is -0.309 e. The number of para-hydroxylation sites is 2. The number of nitrogens with zero attached hydrogens (tertiary/aromatic N) is 7. The lowest BCUT2D eigenvalue weighted by atomic mass is 10.0. The zero-order chi connectivity index (χ0) is 40.2. The minimum absolute atomic E-state index is 0.490. The normalized spacial score (nSPS) is 11.3. The topological polar surface area (TPSA) is 96.1 Å². The van der Waals surface area contributed by atoms with E-state index in [0.29, 0.717) is 28.6 Å². The largest absolute Gasteiger partial charge is 0.309 e. The van der Waals surface area contributed by atoms with Crippen LogP contribution in [0.25, 0.3) is 100 Å². The highest BCUT2D eigenvalue weighted by atomic mass is 15.0. The molecule has 0 unspecified atom stereocenters. The van der Waals surface area contributed by atoms with Crippen molar-refractivity contribution in [1.82, 2.24) is 24.1 Å². The van der Waals surface area contributed by atoms with Gasteiger partial charge in [-0.15, -0.1) is 0 Å². The van der Waals surface area contributed by atoms with Crippen LogP contribution in [0.5, 0.6) is 0 Å². The molecule has 60 heavy (non-hydrogen) atoms. The van der Waals surface area contributed by atoms with Crippen LogP contribution >= 0.6 is 0 Å². The average Bonchev–Trinajstić information content (AvgIpc) is 3.85. The summed E-state index contributed by atoms with van der Waals surface area (Å²) in [7, 11) is 0. The lowest BCUT2D eigenvalue weighted by molar-refractivity contribution is 1.07. The van der Waals surface area contributed by atoms with Gasteiger partial charge in [0.25, 0.3) is 0 Å². The number of nitriles is 2. The van der Waals surface area contributed by atoms with E-state index in [1.165, 1.54) is 0 Å². The summed E-state index contributed by atoms with van der Waals surface area (Å²) in [6, 6.07) is 68.0. The van der Waals surface area contributed by atoms with Crippen molar-refractivity contribution >= 4 is 43.6 Å². The summed E-state index contributed by atoms with van der Waals surface area (Å²) in [5, 5.41) is 24.7. The number of benzene rings is 8. The van der Waals surface area contributed by atoms with E-state index in [1.807, 2.05) is 109 Å². The maximum atomic E-state index is 10.9. The first-order valence-corrected chi connectivity index (χ1v) is 19.6. The second-order valence-electron chi connectivity index (χ2n) is 14.7. The summed E-state index contributed by atoms with van der Waals surface area (Å²) in [4.78, 5) is 14.7. The van der Waals surface area contributed by atoms with E-state index < -0.39 is 0 Å². The van der Waals surface area contributed by atoms with Gasteiger partial charge in [-0.25, -0.2) is 15.0 Å². The van der Waals surface area contributed by atoms with Gasteiger partial charge < -0.3 is 9.13 Å². The summed E-state index contributed by atoms with van der Waals surface area (Å²) >= 11 is 0. The molecule has 0 aliphatic rings. The summed E-state index contributed by atoms with van der Waals surface area (Å²) in [5.41, 5.74) is 11.7. The highest BCUT2D eigenvalue weighted by molar-refractivity contribution is 6.26. The Morgan fingerprint density at radius 2 is 0.917 bits per heavy atom. The zero-order valence-electron chi connectivity index (χ0n) is 32.0. The van der Waals surface area contributed by atoms with Gasteiger partial charge >= 0.3 is 0 Å². The van der Waals surface area contributed by atoms with Crippen molar-refractivity contribution in [3.8, 4) is 68.8 Å². The smallest absolute Gasteiger partial charge is 0.164 e. The fourth-order valence-corrected chi connectivity index (χ4v) is 8.47. The maximum Gasteiger partial charge on any atom is 0.164 e. The molecule has 0 aliphatic carbocycles. The first-order chi connectivity index (χ1) is 29.7. The average molecular weight is 766 g/mol. The molecule has 0 N–H and O–H groups in total. The van der Waals surface area contributed by atoms with Gasteiger partial charge in [0.2, 0.25) is 0 Å². The van der Waals surface area contributed by atoms with Crippen molar-refractivity contribution in [1.29, 1.82) is 10.5 Å². The Morgan fingerprint density at radius 3 is 1.53 bits per heavy atom. The fraction of sp³-hybridized carbons (Fsp3) is 0. The van der Waals surface area contributed by atoms with Crippen molar-refractivity contribution in [2.24, 2.45) is 0 Å². The molecule has 0 bridgehead atoms. The zero-order valence-corrected chi connectivity index (χ0v) is 32.0.